The number of aliphatic hydroxyl groups excluding tert-OH is 2. The van der Waals surface area contributed by atoms with Crippen molar-refractivity contribution in [2.75, 3.05) is 13.2 Å². The zero-order valence-corrected chi connectivity index (χ0v) is 19.1. The van der Waals surface area contributed by atoms with Gasteiger partial charge < -0.3 is 14.9 Å². The largest absolute Gasteiger partial charge is 0.458 e. The molecule has 4 rings (SSSR count). The zero-order valence-electron chi connectivity index (χ0n) is 18.3. The molecular weight excluding hydrogens is 412 g/mol. The van der Waals surface area contributed by atoms with E-state index in [-0.39, 0.29) is 35.1 Å². The van der Waals surface area contributed by atoms with E-state index < -0.39 is 11.5 Å². The molecule has 1 aromatic heterocycles. The Kier molecular flexibility index (Phi) is 6.30. The van der Waals surface area contributed by atoms with Crippen LogP contribution in [0.4, 0.5) is 0 Å². The van der Waals surface area contributed by atoms with Gasteiger partial charge >= 0.3 is 5.97 Å². The van der Waals surface area contributed by atoms with Gasteiger partial charge in [0.15, 0.2) is 0 Å². The SMILES string of the molecule is C=C1CC[C@@H]2[C@](C)(CO)[C@H](O)CC[C@@]2(C)[C@@H]1CC(Sc1cnccn1)C1=CCOC1=O. The van der Waals surface area contributed by atoms with Gasteiger partial charge in [0.2, 0.25) is 0 Å². The maximum atomic E-state index is 12.5. The number of hydrogen-bond donors (Lipinski definition) is 2. The van der Waals surface area contributed by atoms with Crippen molar-refractivity contribution >= 4 is 17.7 Å². The third-order valence-corrected chi connectivity index (χ3v) is 9.23. The van der Waals surface area contributed by atoms with Gasteiger partial charge in [-0.2, -0.15) is 0 Å². The molecule has 2 aliphatic carbocycles. The fourth-order valence-corrected chi connectivity index (χ4v) is 7.36. The number of aromatic nitrogens is 2. The molecule has 0 saturated heterocycles. The Balaban J connectivity index is 1.66. The maximum Gasteiger partial charge on any atom is 0.335 e. The number of fused-ring (bicyclic) bond motifs is 1. The second kappa shape index (κ2) is 8.68. The summed E-state index contributed by atoms with van der Waals surface area (Å²) in [5, 5.41) is 21.6. The molecule has 3 aliphatic rings. The molecule has 1 aromatic rings. The molecule has 31 heavy (non-hydrogen) atoms. The van der Waals surface area contributed by atoms with Gasteiger partial charge in [0.05, 0.1) is 18.9 Å². The first-order chi connectivity index (χ1) is 14.8. The first kappa shape index (κ1) is 22.5. The third kappa shape index (κ3) is 3.96. The highest BCUT2D eigenvalue weighted by atomic mass is 32.2. The fraction of sp³-hybridized carbons (Fsp3) is 0.625. The quantitative estimate of drug-likeness (QED) is 0.394. The first-order valence-electron chi connectivity index (χ1n) is 11.1. The lowest BCUT2D eigenvalue weighted by Gasteiger charge is -2.60. The van der Waals surface area contributed by atoms with Gasteiger partial charge in [-0.25, -0.2) is 9.78 Å². The minimum absolute atomic E-state index is 0.0249. The monoisotopic (exact) mass is 444 g/mol. The van der Waals surface area contributed by atoms with Crippen LogP contribution in [0.25, 0.3) is 0 Å². The Morgan fingerprint density at radius 1 is 1.35 bits per heavy atom. The standard InChI is InChI=1S/C24H32N2O4S/c1-15-4-5-19-23(2,8-6-20(28)24(19,3)14-27)17(15)12-18(16-7-11-30-22(16)29)31-21-13-25-9-10-26-21/h7,9-10,13,17-20,27-28H,1,4-6,8,11-12,14H2,2-3H3/t17-,18?,19+,20-,23+,24+/m1/s1. The van der Waals surface area contributed by atoms with Gasteiger partial charge in [-0.05, 0) is 55.4 Å². The van der Waals surface area contributed by atoms with Crippen molar-refractivity contribution in [3.8, 4) is 0 Å². The summed E-state index contributed by atoms with van der Waals surface area (Å²) < 4.78 is 5.23. The van der Waals surface area contributed by atoms with Crippen LogP contribution >= 0.6 is 11.8 Å². The number of cyclic esters (lactones) is 1. The van der Waals surface area contributed by atoms with E-state index in [0.717, 1.165) is 30.7 Å². The Hall–Kier alpha value is -1.70. The number of allylic oxidation sites excluding steroid dienone is 1. The molecule has 0 spiro atoms. The van der Waals surface area contributed by atoms with Crippen molar-refractivity contribution in [1.82, 2.24) is 9.97 Å². The minimum atomic E-state index is -0.523. The zero-order chi connectivity index (χ0) is 22.2. The Morgan fingerprint density at radius 3 is 2.81 bits per heavy atom. The molecule has 168 valence electrons. The lowest BCUT2D eigenvalue weighted by molar-refractivity contribution is -0.152. The van der Waals surface area contributed by atoms with Gasteiger partial charge in [-0.3, -0.25) is 4.98 Å². The van der Waals surface area contributed by atoms with Crippen molar-refractivity contribution in [3.63, 3.8) is 0 Å². The average molecular weight is 445 g/mol. The summed E-state index contributed by atoms with van der Waals surface area (Å²) in [4.78, 5) is 21.0. The van der Waals surface area contributed by atoms with Gasteiger partial charge in [0, 0.05) is 28.6 Å². The first-order valence-corrected chi connectivity index (χ1v) is 11.9. The fourth-order valence-electron chi connectivity index (χ4n) is 6.22. The van der Waals surface area contributed by atoms with E-state index in [1.807, 2.05) is 13.0 Å². The number of carbonyl (C=O) groups excluding carboxylic acids is 1. The van der Waals surface area contributed by atoms with Crippen LogP contribution in [0.5, 0.6) is 0 Å². The summed E-state index contributed by atoms with van der Waals surface area (Å²) in [6.45, 7) is 9.03. The van der Waals surface area contributed by atoms with Crippen molar-refractivity contribution in [1.29, 1.82) is 0 Å². The number of esters is 1. The van der Waals surface area contributed by atoms with Crippen LogP contribution in [-0.4, -0.2) is 50.7 Å². The predicted octanol–water partition coefficient (Wildman–Crippen LogP) is 3.55. The number of aliphatic hydroxyl groups is 2. The van der Waals surface area contributed by atoms with Crippen molar-refractivity contribution in [2.45, 2.75) is 62.3 Å². The number of nitrogens with zero attached hydrogens (tertiary/aromatic N) is 2. The summed E-state index contributed by atoms with van der Waals surface area (Å²) in [6.07, 6.45) is 10.5. The van der Waals surface area contributed by atoms with Gasteiger partial charge in [0.25, 0.3) is 0 Å². The number of hydrogen-bond acceptors (Lipinski definition) is 7. The second-order valence-electron chi connectivity index (χ2n) is 9.67. The van der Waals surface area contributed by atoms with E-state index >= 15 is 0 Å². The van der Waals surface area contributed by atoms with Gasteiger partial charge in [-0.15, -0.1) is 0 Å². The molecule has 6 nitrogen and oxygen atoms in total. The molecule has 6 atom stereocenters. The molecule has 2 fully saturated rings. The van der Waals surface area contributed by atoms with E-state index in [2.05, 4.69) is 23.5 Å². The molecule has 0 amide bonds. The molecule has 0 bridgehead atoms. The number of rotatable bonds is 6. The molecule has 0 radical (unpaired) electrons. The molecule has 2 saturated carbocycles. The van der Waals surface area contributed by atoms with E-state index in [0.29, 0.717) is 18.6 Å². The smallest absolute Gasteiger partial charge is 0.335 e. The van der Waals surface area contributed by atoms with Gasteiger partial charge in [-0.1, -0.05) is 37.8 Å². The summed E-state index contributed by atoms with van der Waals surface area (Å²) in [5.74, 6) is 0.104. The molecule has 2 N–H and O–H groups in total. The average Bonchev–Trinajstić information content (AvgIpc) is 3.19. The lowest BCUT2D eigenvalue weighted by Crippen LogP contribution is -2.57. The third-order valence-electron chi connectivity index (χ3n) is 8.05. The molecular formula is C24H32N2O4S. The predicted molar refractivity (Wildman–Crippen MR) is 119 cm³/mol. The molecule has 0 aromatic carbocycles. The Bertz CT molecular complexity index is 876. The lowest BCUT2D eigenvalue weighted by atomic mass is 9.46. The van der Waals surface area contributed by atoms with Crippen LogP contribution in [0.1, 0.15) is 46.0 Å². The highest BCUT2D eigenvalue weighted by Gasteiger charge is 2.58. The normalized spacial score (nSPS) is 36.5. The molecule has 2 heterocycles. The van der Waals surface area contributed by atoms with Crippen molar-refractivity contribution in [3.05, 3.63) is 42.4 Å². The Labute approximate surface area is 188 Å². The van der Waals surface area contributed by atoms with Crippen LogP contribution in [0.3, 0.4) is 0 Å². The van der Waals surface area contributed by atoms with Crippen LogP contribution in [0.2, 0.25) is 0 Å². The van der Waals surface area contributed by atoms with Crippen LogP contribution < -0.4 is 0 Å². The van der Waals surface area contributed by atoms with E-state index in [9.17, 15) is 15.0 Å². The highest BCUT2D eigenvalue weighted by Crippen LogP contribution is 2.62. The van der Waals surface area contributed by atoms with E-state index in [1.54, 1.807) is 30.4 Å². The van der Waals surface area contributed by atoms with E-state index in [1.165, 1.54) is 5.57 Å². The minimum Gasteiger partial charge on any atom is -0.458 e. The second-order valence-corrected chi connectivity index (χ2v) is 10.9. The summed E-state index contributed by atoms with van der Waals surface area (Å²) in [7, 11) is 0. The Morgan fingerprint density at radius 2 is 2.16 bits per heavy atom. The molecule has 1 aliphatic heterocycles. The van der Waals surface area contributed by atoms with Gasteiger partial charge in [0.1, 0.15) is 11.6 Å². The van der Waals surface area contributed by atoms with Crippen LogP contribution in [0, 0.1) is 22.7 Å². The summed E-state index contributed by atoms with van der Waals surface area (Å²) >= 11 is 1.55. The summed E-state index contributed by atoms with van der Waals surface area (Å²) in [5.41, 5.74) is 1.27. The highest BCUT2D eigenvalue weighted by molar-refractivity contribution is 8.00. The molecule has 7 heteroatoms. The topological polar surface area (TPSA) is 92.5 Å². The van der Waals surface area contributed by atoms with E-state index in [4.69, 9.17) is 4.74 Å². The number of carbonyl (C=O) groups is 1. The maximum absolute atomic E-state index is 12.5. The van der Waals surface area contributed by atoms with Crippen LogP contribution in [0.15, 0.2) is 47.4 Å². The molecule has 1 unspecified atom stereocenters. The van der Waals surface area contributed by atoms with Crippen molar-refractivity contribution < 1.29 is 19.7 Å². The van der Waals surface area contributed by atoms with Crippen molar-refractivity contribution in [2.24, 2.45) is 22.7 Å². The number of thioether (sulfide) groups is 1. The van der Waals surface area contributed by atoms with Crippen LogP contribution in [-0.2, 0) is 9.53 Å². The summed E-state index contributed by atoms with van der Waals surface area (Å²) in [6, 6.07) is 0. The number of ether oxygens (including phenoxy) is 1.